The Morgan fingerprint density at radius 2 is 1.94 bits per heavy atom. The Kier molecular flexibility index (Phi) is 5.77. The molecule has 0 radical (unpaired) electrons. The summed E-state index contributed by atoms with van der Waals surface area (Å²) in [6, 6.07) is -0.101. The van der Waals surface area contributed by atoms with Crippen LogP contribution in [0.15, 0.2) is 0 Å². The third-order valence-corrected chi connectivity index (χ3v) is 3.15. The van der Waals surface area contributed by atoms with Crippen molar-refractivity contribution in [1.29, 1.82) is 0 Å². The van der Waals surface area contributed by atoms with E-state index in [0.717, 1.165) is 32.5 Å². The summed E-state index contributed by atoms with van der Waals surface area (Å²) in [5.41, 5.74) is 0. The normalized spacial score (nSPS) is 20.6. The third-order valence-electron chi connectivity index (χ3n) is 3.15. The van der Waals surface area contributed by atoms with E-state index in [-0.39, 0.29) is 18.1 Å². The molecular weight excluding hydrogens is 204 g/mol. The van der Waals surface area contributed by atoms with Crippen LogP contribution in [0.4, 0.5) is 0 Å². The highest BCUT2D eigenvalue weighted by molar-refractivity contribution is 5.81. The fraction of sp³-hybridized carbons (Fsp3) is 0.917. The van der Waals surface area contributed by atoms with Gasteiger partial charge in [0, 0.05) is 26.7 Å². The molecule has 1 amide bonds. The molecule has 94 valence electrons. The van der Waals surface area contributed by atoms with Crippen LogP contribution in [-0.4, -0.2) is 49.7 Å². The van der Waals surface area contributed by atoms with E-state index in [9.17, 15) is 4.79 Å². The molecule has 0 aromatic heterocycles. The Labute approximate surface area is 98.3 Å². The Hall–Kier alpha value is -0.610. The fourth-order valence-electron chi connectivity index (χ4n) is 1.90. The van der Waals surface area contributed by atoms with Crippen LogP contribution >= 0.6 is 0 Å². The van der Waals surface area contributed by atoms with Crippen molar-refractivity contribution in [2.75, 3.05) is 26.7 Å². The van der Waals surface area contributed by atoms with Gasteiger partial charge < -0.3 is 15.0 Å². The molecule has 1 fully saturated rings. The number of hydrogen-bond acceptors (Lipinski definition) is 3. The van der Waals surface area contributed by atoms with Gasteiger partial charge in [-0.1, -0.05) is 0 Å². The first-order valence-corrected chi connectivity index (χ1v) is 6.20. The Morgan fingerprint density at radius 1 is 1.31 bits per heavy atom. The second kappa shape index (κ2) is 6.86. The molecule has 0 saturated carbocycles. The Bertz CT molecular complexity index is 215. The lowest BCUT2D eigenvalue weighted by Gasteiger charge is -2.29. The molecule has 0 bridgehead atoms. The van der Waals surface area contributed by atoms with Crippen molar-refractivity contribution in [2.24, 2.45) is 0 Å². The van der Waals surface area contributed by atoms with Crippen molar-refractivity contribution in [1.82, 2.24) is 10.2 Å². The number of methoxy groups -OCH3 is 1. The van der Waals surface area contributed by atoms with Crippen molar-refractivity contribution in [3.63, 3.8) is 0 Å². The molecule has 2 unspecified atom stereocenters. The lowest BCUT2D eigenvalue weighted by Crippen LogP contribution is -2.48. The summed E-state index contributed by atoms with van der Waals surface area (Å²) in [5.74, 6) is 0.225. The van der Waals surface area contributed by atoms with Gasteiger partial charge in [0.15, 0.2) is 0 Å². The number of nitrogens with zero attached hydrogens (tertiary/aromatic N) is 1. The molecule has 0 aromatic carbocycles. The third kappa shape index (κ3) is 4.10. The van der Waals surface area contributed by atoms with Crippen LogP contribution in [0.25, 0.3) is 0 Å². The molecule has 1 N–H and O–H groups in total. The molecule has 0 aliphatic carbocycles. The highest BCUT2D eigenvalue weighted by Gasteiger charge is 2.21. The van der Waals surface area contributed by atoms with Crippen molar-refractivity contribution < 1.29 is 9.53 Å². The van der Waals surface area contributed by atoms with Crippen LogP contribution in [0.2, 0.25) is 0 Å². The maximum Gasteiger partial charge on any atom is 0.239 e. The molecule has 1 aliphatic rings. The molecular formula is C12H24N2O2. The predicted octanol–water partition coefficient (Wildman–Crippen LogP) is 1.01. The maximum atomic E-state index is 12.0. The van der Waals surface area contributed by atoms with Gasteiger partial charge >= 0.3 is 0 Å². The van der Waals surface area contributed by atoms with Crippen molar-refractivity contribution in [2.45, 2.75) is 45.3 Å². The number of nitrogens with one attached hydrogen (secondary N) is 1. The standard InChI is InChI=1S/C12H24N2O2/c1-10(16-3)9-13-11(2)12(15)14-7-5-4-6-8-14/h10-11,13H,4-9H2,1-3H3. The van der Waals surface area contributed by atoms with E-state index in [4.69, 9.17) is 4.74 Å². The average molecular weight is 228 g/mol. The van der Waals surface area contributed by atoms with Gasteiger partial charge in [0.05, 0.1) is 12.1 Å². The molecule has 0 spiro atoms. The summed E-state index contributed by atoms with van der Waals surface area (Å²) in [6.45, 7) is 6.48. The van der Waals surface area contributed by atoms with E-state index in [1.165, 1.54) is 6.42 Å². The van der Waals surface area contributed by atoms with Gasteiger partial charge in [-0.15, -0.1) is 0 Å². The van der Waals surface area contributed by atoms with Gasteiger partial charge in [0.2, 0.25) is 5.91 Å². The topological polar surface area (TPSA) is 41.6 Å². The molecule has 4 heteroatoms. The number of carbonyl (C=O) groups is 1. The second-order valence-electron chi connectivity index (χ2n) is 4.56. The quantitative estimate of drug-likeness (QED) is 0.763. The molecule has 1 saturated heterocycles. The molecule has 1 heterocycles. The number of amides is 1. The highest BCUT2D eigenvalue weighted by atomic mass is 16.5. The van der Waals surface area contributed by atoms with E-state index in [1.54, 1.807) is 7.11 Å². The van der Waals surface area contributed by atoms with Gasteiger partial charge in [0.25, 0.3) is 0 Å². The molecule has 4 nitrogen and oxygen atoms in total. The Morgan fingerprint density at radius 3 is 2.50 bits per heavy atom. The first-order valence-electron chi connectivity index (χ1n) is 6.20. The molecule has 16 heavy (non-hydrogen) atoms. The van der Waals surface area contributed by atoms with Gasteiger partial charge in [-0.05, 0) is 33.1 Å². The van der Waals surface area contributed by atoms with Gasteiger partial charge in [0.1, 0.15) is 0 Å². The minimum absolute atomic E-state index is 0.101. The zero-order valence-corrected chi connectivity index (χ0v) is 10.7. The number of carbonyl (C=O) groups excluding carboxylic acids is 1. The molecule has 1 aliphatic heterocycles. The monoisotopic (exact) mass is 228 g/mol. The molecule has 2 atom stereocenters. The van der Waals surface area contributed by atoms with Crippen molar-refractivity contribution in [3.8, 4) is 0 Å². The predicted molar refractivity (Wildman–Crippen MR) is 64.4 cm³/mol. The summed E-state index contributed by atoms with van der Waals surface area (Å²) < 4.78 is 5.14. The maximum absolute atomic E-state index is 12.0. The summed E-state index contributed by atoms with van der Waals surface area (Å²) in [4.78, 5) is 14.0. The van der Waals surface area contributed by atoms with Crippen molar-refractivity contribution >= 4 is 5.91 Å². The molecule has 0 aromatic rings. The second-order valence-corrected chi connectivity index (χ2v) is 4.56. The Balaban J connectivity index is 2.29. The number of rotatable bonds is 5. The van der Waals surface area contributed by atoms with Crippen LogP contribution in [-0.2, 0) is 9.53 Å². The van der Waals surface area contributed by atoms with E-state index < -0.39 is 0 Å². The summed E-state index contributed by atoms with van der Waals surface area (Å²) in [5, 5.41) is 3.21. The minimum Gasteiger partial charge on any atom is -0.380 e. The fourth-order valence-corrected chi connectivity index (χ4v) is 1.90. The molecule has 1 rings (SSSR count). The lowest BCUT2D eigenvalue weighted by molar-refractivity contribution is -0.134. The number of hydrogen-bond donors (Lipinski definition) is 1. The van der Waals surface area contributed by atoms with E-state index in [2.05, 4.69) is 5.32 Å². The van der Waals surface area contributed by atoms with Crippen LogP contribution < -0.4 is 5.32 Å². The largest absolute Gasteiger partial charge is 0.380 e. The van der Waals surface area contributed by atoms with Gasteiger partial charge in [-0.2, -0.15) is 0 Å². The van der Waals surface area contributed by atoms with Crippen LogP contribution in [0.3, 0.4) is 0 Å². The zero-order valence-electron chi connectivity index (χ0n) is 10.7. The summed E-state index contributed by atoms with van der Waals surface area (Å²) in [7, 11) is 1.68. The van der Waals surface area contributed by atoms with Gasteiger partial charge in [-0.3, -0.25) is 4.79 Å². The zero-order chi connectivity index (χ0) is 12.0. The number of likely N-dealkylation sites (tertiary alicyclic amines) is 1. The first-order chi connectivity index (χ1) is 7.65. The van der Waals surface area contributed by atoms with Crippen molar-refractivity contribution in [3.05, 3.63) is 0 Å². The average Bonchev–Trinajstić information content (AvgIpc) is 2.35. The minimum atomic E-state index is -0.101. The lowest BCUT2D eigenvalue weighted by atomic mass is 10.1. The summed E-state index contributed by atoms with van der Waals surface area (Å²) >= 11 is 0. The number of piperidine rings is 1. The highest BCUT2D eigenvalue weighted by Crippen LogP contribution is 2.09. The van der Waals surface area contributed by atoms with Crippen LogP contribution in [0.1, 0.15) is 33.1 Å². The first kappa shape index (κ1) is 13.5. The van der Waals surface area contributed by atoms with Crippen LogP contribution in [0, 0.1) is 0 Å². The SMILES string of the molecule is COC(C)CNC(C)C(=O)N1CCCCC1. The van der Waals surface area contributed by atoms with E-state index in [0.29, 0.717) is 0 Å². The smallest absolute Gasteiger partial charge is 0.239 e. The van der Waals surface area contributed by atoms with Gasteiger partial charge in [-0.25, -0.2) is 0 Å². The van der Waals surface area contributed by atoms with E-state index in [1.807, 2.05) is 18.7 Å². The number of ether oxygens (including phenoxy) is 1. The summed E-state index contributed by atoms with van der Waals surface area (Å²) in [6.07, 6.45) is 3.70. The van der Waals surface area contributed by atoms with Crippen LogP contribution in [0.5, 0.6) is 0 Å². The van der Waals surface area contributed by atoms with E-state index >= 15 is 0 Å².